The highest BCUT2D eigenvalue weighted by Gasteiger charge is 2.31. The third-order valence-corrected chi connectivity index (χ3v) is 6.58. The van der Waals surface area contributed by atoms with Crippen LogP contribution in [0.4, 0.5) is 13.2 Å². The van der Waals surface area contributed by atoms with Crippen molar-refractivity contribution in [3.05, 3.63) is 54.1 Å². The summed E-state index contributed by atoms with van der Waals surface area (Å²) in [6.45, 7) is 3.99. The summed E-state index contributed by atoms with van der Waals surface area (Å²) in [4.78, 5) is 0. The summed E-state index contributed by atoms with van der Waals surface area (Å²) in [6, 6.07) is 12.4. The molecule has 0 aliphatic rings. The van der Waals surface area contributed by atoms with Gasteiger partial charge in [0.2, 0.25) is 0 Å². The molecule has 0 aliphatic heterocycles. The number of hydrogen-bond acceptors (Lipinski definition) is 3. The Morgan fingerprint density at radius 2 is 1.57 bits per heavy atom. The average Bonchev–Trinajstić information content (AvgIpc) is 2.98. The van der Waals surface area contributed by atoms with E-state index >= 15 is 0 Å². The minimum Gasteiger partial charge on any atom is -0.344 e. The van der Waals surface area contributed by atoms with Crippen molar-refractivity contribution in [1.29, 1.82) is 0 Å². The molecular formula is C20H21F3NO3P. The van der Waals surface area contributed by atoms with Gasteiger partial charge in [-0.05, 0) is 49.7 Å². The Morgan fingerprint density at radius 1 is 0.964 bits per heavy atom. The predicted molar refractivity (Wildman–Crippen MR) is 104 cm³/mol. The van der Waals surface area contributed by atoms with Gasteiger partial charge in [-0.2, -0.15) is 13.2 Å². The molecule has 0 N–H and O–H groups in total. The maximum Gasteiger partial charge on any atom is 0.416 e. The largest absolute Gasteiger partial charge is 0.416 e. The Kier molecular flexibility index (Phi) is 5.71. The molecule has 3 rings (SSSR count). The second-order valence-electron chi connectivity index (χ2n) is 6.24. The van der Waals surface area contributed by atoms with E-state index in [2.05, 4.69) is 0 Å². The van der Waals surface area contributed by atoms with Crippen molar-refractivity contribution in [1.82, 2.24) is 4.57 Å². The summed E-state index contributed by atoms with van der Waals surface area (Å²) in [5.41, 5.74) is 1.35. The van der Waals surface area contributed by atoms with Crippen molar-refractivity contribution in [2.24, 2.45) is 7.05 Å². The number of rotatable bonds is 6. The molecule has 0 aliphatic carbocycles. The van der Waals surface area contributed by atoms with Gasteiger partial charge in [0.15, 0.2) is 0 Å². The minimum atomic E-state index is -4.39. The number of aryl methyl sites for hydroxylation is 1. The molecule has 0 fully saturated rings. The van der Waals surface area contributed by atoms with Gasteiger partial charge >= 0.3 is 13.8 Å². The standard InChI is InChI=1S/C20H21F3NO3P/c1-4-26-28(25,27-5-2)17-10-7-14(8-11-17)18-12-15-6-9-16(20(21,22)23)13-19(15)24(18)3/h6-13H,4-5H2,1-3H3. The Hall–Kier alpha value is -2.08. The van der Waals surface area contributed by atoms with Crippen LogP contribution in [0, 0.1) is 0 Å². The number of fused-ring (bicyclic) bond motifs is 1. The van der Waals surface area contributed by atoms with E-state index in [4.69, 9.17) is 9.05 Å². The molecule has 1 aromatic heterocycles. The molecule has 0 atom stereocenters. The Morgan fingerprint density at radius 3 is 2.11 bits per heavy atom. The summed E-state index contributed by atoms with van der Waals surface area (Å²) in [7, 11) is -1.66. The first-order valence-corrected chi connectivity index (χ1v) is 10.4. The zero-order valence-electron chi connectivity index (χ0n) is 15.8. The first-order chi connectivity index (χ1) is 13.2. The van der Waals surface area contributed by atoms with Gasteiger partial charge in [0.05, 0.1) is 24.1 Å². The average molecular weight is 411 g/mol. The number of alkyl halides is 3. The first-order valence-electron chi connectivity index (χ1n) is 8.86. The van der Waals surface area contributed by atoms with Crippen LogP contribution < -0.4 is 5.30 Å². The third-order valence-electron chi connectivity index (χ3n) is 4.45. The molecule has 2 aromatic carbocycles. The van der Waals surface area contributed by atoms with Gasteiger partial charge in [0, 0.05) is 23.6 Å². The first kappa shape index (κ1) is 20.6. The van der Waals surface area contributed by atoms with Crippen LogP contribution >= 0.6 is 7.60 Å². The van der Waals surface area contributed by atoms with E-state index in [1.54, 1.807) is 49.7 Å². The molecule has 28 heavy (non-hydrogen) atoms. The van der Waals surface area contributed by atoms with Gasteiger partial charge < -0.3 is 13.6 Å². The summed E-state index contributed by atoms with van der Waals surface area (Å²) >= 11 is 0. The van der Waals surface area contributed by atoms with Crippen molar-refractivity contribution in [3.63, 3.8) is 0 Å². The highest BCUT2D eigenvalue weighted by atomic mass is 31.2. The summed E-state index contributed by atoms with van der Waals surface area (Å²) in [5, 5.41) is 1.15. The lowest BCUT2D eigenvalue weighted by atomic mass is 10.1. The number of nitrogens with zero attached hydrogens (tertiary/aromatic N) is 1. The van der Waals surface area contributed by atoms with E-state index in [1.807, 2.05) is 6.07 Å². The molecule has 1 heterocycles. The van der Waals surface area contributed by atoms with Gasteiger partial charge in [-0.15, -0.1) is 0 Å². The molecule has 0 unspecified atom stereocenters. The van der Waals surface area contributed by atoms with Crippen LogP contribution in [0.25, 0.3) is 22.2 Å². The van der Waals surface area contributed by atoms with Crippen LogP contribution in [-0.2, 0) is 26.8 Å². The molecule has 0 spiro atoms. The lowest BCUT2D eigenvalue weighted by Gasteiger charge is -2.17. The Balaban J connectivity index is 2.01. The van der Waals surface area contributed by atoms with Crippen LogP contribution in [0.2, 0.25) is 0 Å². The van der Waals surface area contributed by atoms with Crippen molar-refractivity contribution in [2.75, 3.05) is 13.2 Å². The fraction of sp³-hybridized carbons (Fsp3) is 0.300. The van der Waals surface area contributed by atoms with Crippen LogP contribution in [0.15, 0.2) is 48.5 Å². The SMILES string of the molecule is CCOP(=O)(OCC)c1ccc(-c2cc3ccc(C(F)(F)F)cc3n2C)cc1. The molecule has 150 valence electrons. The van der Waals surface area contributed by atoms with Gasteiger partial charge in [-0.1, -0.05) is 18.2 Å². The van der Waals surface area contributed by atoms with Crippen LogP contribution in [-0.4, -0.2) is 17.8 Å². The lowest BCUT2D eigenvalue weighted by Crippen LogP contribution is -2.10. The molecule has 3 aromatic rings. The second kappa shape index (κ2) is 7.74. The van der Waals surface area contributed by atoms with Crippen LogP contribution in [0.1, 0.15) is 19.4 Å². The topological polar surface area (TPSA) is 40.5 Å². The molecule has 0 amide bonds. The zero-order chi connectivity index (χ0) is 20.5. The molecule has 8 heteroatoms. The van der Waals surface area contributed by atoms with Crippen molar-refractivity contribution in [3.8, 4) is 11.3 Å². The minimum absolute atomic E-state index is 0.254. The van der Waals surface area contributed by atoms with Crippen LogP contribution in [0.3, 0.4) is 0 Å². The van der Waals surface area contributed by atoms with E-state index in [0.29, 0.717) is 16.2 Å². The number of benzene rings is 2. The lowest BCUT2D eigenvalue weighted by molar-refractivity contribution is -0.137. The highest BCUT2D eigenvalue weighted by Crippen LogP contribution is 2.47. The smallest absolute Gasteiger partial charge is 0.344 e. The molecule has 4 nitrogen and oxygen atoms in total. The Labute approximate surface area is 161 Å². The molecule has 0 bridgehead atoms. The highest BCUT2D eigenvalue weighted by molar-refractivity contribution is 7.62. The molecule has 0 saturated carbocycles. The van der Waals surface area contributed by atoms with E-state index in [9.17, 15) is 17.7 Å². The van der Waals surface area contributed by atoms with Crippen molar-refractivity contribution < 1.29 is 26.8 Å². The Bertz CT molecular complexity index is 1020. The van der Waals surface area contributed by atoms with Crippen LogP contribution in [0.5, 0.6) is 0 Å². The maximum atomic E-state index is 13.0. The maximum absolute atomic E-state index is 13.0. The molecular weight excluding hydrogens is 390 g/mol. The van der Waals surface area contributed by atoms with Gasteiger partial charge in [0.25, 0.3) is 0 Å². The second-order valence-corrected chi connectivity index (χ2v) is 8.27. The number of hydrogen-bond donors (Lipinski definition) is 0. The van der Waals surface area contributed by atoms with E-state index in [-0.39, 0.29) is 13.2 Å². The number of halogens is 3. The molecule has 0 radical (unpaired) electrons. The normalized spacial score (nSPS) is 12.6. The number of aromatic nitrogens is 1. The summed E-state index contributed by atoms with van der Waals surface area (Å²) in [5.74, 6) is 0. The molecule has 0 saturated heterocycles. The fourth-order valence-electron chi connectivity index (χ4n) is 3.12. The monoisotopic (exact) mass is 411 g/mol. The summed E-state index contributed by atoms with van der Waals surface area (Å²) in [6.07, 6.45) is -4.39. The van der Waals surface area contributed by atoms with E-state index in [1.165, 1.54) is 6.07 Å². The third kappa shape index (κ3) is 3.88. The van der Waals surface area contributed by atoms with Gasteiger partial charge in [0.1, 0.15) is 0 Å². The van der Waals surface area contributed by atoms with E-state index in [0.717, 1.165) is 23.4 Å². The summed E-state index contributed by atoms with van der Waals surface area (Å²) < 4.78 is 64.2. The zero-order valence-corrected chi connectivity index (χ0v) is 16.7. The quantitative estimate of drug-likeness (QED) is 0.485. The van der Waals surface area contributed by atoms with Crippen molar-refractivity contribution in [2.45, 2.75) is 20.0 Å². The van der Waals surface area contributed by atoms with E-state index < -0.39 is 19.3 Å². The van der Waals surface area contributed by atoms with Gasteiger partial charge in [-0.25, -0.2) is 0 Å². The van der Waals surface area contributed by atoms with Gasteiger partial charge in [-0.3, -0.25) is 4.57 Å². The predicted octanol–water partition coefficient (Wildman–Crippen LogP) is 5.76. The van der Waals surface area contributed by atoms with Crippen molar-refractivity contribution >= 4 is 23.8 Å². The fourth-order valence-corrected chi connectivity index (χ4v) is 4.69.